The Bertz CT molecular complexity index is 198. The lowest BCUT2D eigenvalue weighted by Crippen LogP contribution is -2.64. The third-order valence-corrected chi connectivity index (χ3v) is 2.96. The number of rotatable bonds is 2. The maximum Gasteiger partial charge on any atom is 0.309 e. The summed E-state index contributed by atoms with van der Waals surface area (Å²) < 4.78 is 0. The first-order valence-electron chi connectivity index (χ1n) is 3.50. The molecule has 0 aromatic heterocycles. The van der Waals surface area contributed by atoms with Crippen molar-refractivity contribution in [2.45, 2.75) is 19.3 Å². The van der Waals surface area contributed by atoms with E-state index in [9.17, 15) is 4.79 Å². The molecule has 54 valence electrons. The first kappa shape index (κ1) is 5.96. The highest BCUT2D eigenvalue weighted by atomic mass is 16.4. The van der Waals surface area contributed by atoms with Crippen LogP contribution in [-0.2, 0) is 4.79 Å². The number of carbonyl (C=O) groups is 1. The molecule has 0 radical (unpaired) electrons. The molecule has 3 rings (SSSR count). The molecule has 3 saturated carbocycles. The zero-order chi connectivity index (χ0) is 7.41. The second-order valence-electron chi connectivity index (χ2n) is 3.68. The van der Waals surface area contributed by atoms with Crippen molar-refractivity contribution < 1.29 is 9.90 Å². The topological polar surface area (TPSA) is 37.3 Å². The van der Waals surface area contributed by atoms with Crippen molar-refractivity contribution in [1.82, 2.24) is 0 Å². The Morgan fingerprint density at radius 3 is 2.30 bits per heavy atom. The third-order valence-electron chi connectivity index (χ3n) is 2.96. The van der Waals surface area contributed by atoms with E-state index >= 15 is 0 Å². The zero-order valence-electron chi connectivity index (χ0n) is 5.76. The lowest BCUT2D eigenvalue weighted by atomic mass is 9.35. The molecule has 10 heavy (non-hydrogen) atoms. The standard InChI is InChI=1S/C8H10O2/c1-2-7-3-8(4-7,5-7)6(9)10/h2H,1,3-5H2,(H,9,10). The normalized spacial score (nSPS) is 48.8. The molecule has 0 spiro atoms. The van der Waals surface area contributed by atoms with Crippen LogP contribution >= 0.6 is 0 Å². The van der Waals surface area contributed by atoms with Crippen molar-refractivity contribution in [2.24, 2.45) is 10.8 Å². The van der Waals surface area contributed by atoms with Gasteiger partial charge in [0, 0.05) is 0 Å². The number of hydrogen-bond donors (Lipinski definition) is 1. The number of carboxylic acids is 1. The average molecular weight is 138 g/mol. The van der Waals surface area contributed by atoms with Crippen LogP contribution in [0.1, 0.15) is 19.3 Å². The molecule has 2 heteroatoms. The second kappa shape index (κ2) is 1.29. The van der Waals surface area contributed by atoms with Crippen molar-refractivity contribution >= 4 is 5.97 Å². The van der Waals surface area contributed by atoms with Crippen molar-refractivity contribution in [3.63, 3.8) is 0 Å². The van der Waals surface area contributed by atoms with Crippen molar-refractivity contribution in [2.75, 3.05) is 0 Å². The molecule has 3 aliphatic rings. The van der Waals surface area contributed by atoms with Crippen LogP contribution in [0.2, 0.25) is 0 Å². The fourth-order valence-electron chi connectivity index (χ4n) is 2.31. The van der Waals surface area contributed by atoms with Gasteiger partial charge in [-0.05, 0) is 24.7 Å². The van der Waals surface area contributed by atoms with E-state index < -0.39 is 5.97 Å². The van der Waals surface area contributed by atoms with E-state index in [1.807, 2.05) is 6.08 Å². The van der Waals surface area contributed by atoms with Crippen LogP contribution < -0.4 is 0 Å². The molecule has 0 aromatic carbocycles. The van der Waals surface area contributed by atoms with Crippen molar-refractivity contribution in [3.8, 4) is 0 Å². The molecular weight excluding hydrogens is 128 g/mol. The van der Waals surface area contributed by atoms with Crippen molar-refractivity contribution in [3.05, 3.63) is 12.7 Å². The lowest BCUT2D eigenvalue weighted by Gasteiger charge is -2.67. The van der Waals surface area contributed by atoms with Crippen molar-refractivity contribution in [1.29, 1.82) is 0 Å². The highest BCUT2D eigenvalue weighted by molar-refractivity contribution is 5.79. The molecule has 0 amide bonds. The number of hydrogen-bond acceptors (Lipinski definition) is 1. The van der Waals surface area contributed by atoms with E-state index in [4.69, 9.17) is 5.11 Å². The number of carboxylic acid groups (broad SMARTS) is 1. The Kier molecular flexibility index (Phi) is 0.766. The molecule has 0 aliphatic heterocycles. The van der Waals surface area contributed by atoms with Gasteiger partial charge in [-0.1, -0.05) is 6.08 Å². The van der Waals surface area contributed by atoms with Gasteiger partial charge in [-0.3, -0.25) is 4.79 Å². The molecule has 2 nitrogen and oxygen atoms in total. The van der Waals surface area contributed by atoms with Crippen LogP contribution in [-0.4, -0.2) is 11.1 Å². The Morgan fingerprint density at radius 2 is 2.00 bits per heavy atom. The van der Waals surface area contributed by atoms with Gasteiger partial charge in [0.2, 0.25) is 0 Å². The molecule has 0 saturated heterocycles. The number of allylic oxidation sites excluding steroid dienone is 1. The largest absolute Gasteiger partial charge is 0.481 e. The summed E-state index contributed by atoms with van der Waals surface area (Å²) in [4.78, 5) is 10.6. The summed E-state index contributed by atoms with van der Waals surface area (Å²) in [6.45, 7) is 3.69. The smallest absolute Gasteiger partial charge is 0.309 e. The minimum Gasteiger partial charge on any atom is -0.481 e. The summed E-state index contributed by atoms with van der Waals surface area (Å²) >= 11 is 0. The summed E-state index contributed by atoms with van der Waals surface area (Å²) in [6, 6.07) is 0. The van der Waals surface area contributed by atoms with Gasteiger partial charge in [0.05, 0.1) is 5.41 Å². The molecule has 3 aliphatic carbocycles. The maximum absolute atomic E-state index is 10.6. The first-order chi connectivity index (χ1) is 4.63. The van der Waals surface area contributed by atoms with Crippen LogP contribution in [0.3, 0.4) is 0 Å². The minimum absolute atomic E-state index is 0.235. The monoisotopic (exact) mass is 138 g/mol. The first-order valence-corrected chi connectivity index (χ1v) is 3.50. The van der Waals surface area contributed by atoms with Crippen LogP contribution in [0, 0.1) is 10.8 Å². The minimum atomic E-state index is -0.615. The molecule has 1 N–H and O–H groups in total. The molecule has 2 bridgehead atoms. The average Bonchev–Trinajstić information content (AvgIpc) is 1.57. The van der Waals surface area contributed by atoms with Crippen LogP contribution in [0.5, 0.6) is 0 Å². The molecular formula is C8H10O2. The SMILES string of the molecule is C=CC12CC(C(=O)O)(C1)C2. The molecule has 3 fully saturated rings. The van der Waals surface area contributed by atoms with E-state index in [2.05, 4.69) is 6.58 Å². The van der Waals surface area contributed by atoms with E-state index in [1.165, 1.54) is 0 Å². The third kappa shape index (κ3) is 0.405. The summed E-state index contributed by atoms with van der Waals surface area (Å²) in [5.41, 5.74) is -0.0907. The molecule has 0 atom stereocenters. The molecule has 0 heterocycles. The summed E-state index contributed by atoms with van der Waals surface area (Å²) in [5.74, 6) is -0.615. The highest BCUT2D eigenvalue weighted by Crippen LogP contribution is 2.73. The Balaban J connectivity index is 2.10. The molecule has 0 unspecified atom stereocenters. The van der Waals surface area contributed by atoms with Gasteiger partial charge >= 0.3 is 5.97 Å². The lowest BCUT2D eigenvalue weighted by molar-refractivity contribution is -0.205. The Morgan fingerprint density at radius 1 is 1.50 bits per heavy atom. The predicted octanol–water partition coefficient (Wildman–Crippen LogP) is 1.43. The summed E-state index contributed by atoms with van der Waals surface area (Å²) in [5, 5.41) is 8.71. The molecule has 0 aromatic rings. The van der Waals surface area contributed by atoms with Crippen LogP contribution in [0.4, 0.5) is 0 Å². The van der Waals surface area contributed by atoms with Gasteiger partial charge in [0.15, 0.2) is 0 Å². The maximum atomic E-state index is 10.6. The fourth-order valence-corrected chi connectivity index (χ4v) is 2.31. The van der Waals surface area contributed by atoms with Gasteiger partial charge in [0.1, 0.15) is 0 Å². The van der Waals surface area contributed by atoms with E-state index in [0.717, 1.165) is 19.3 Å². The van der Waals surface area contributed by atoms with Gasteiger partial charge in [-0.15, -0.1) is 6.58 Å². The van der Waals surface area contributed by atoms with Crippen LogP contribution in [0.25, 0.3) is 0 Å². The fraction of sp³-hybridized carbons (Fsp3) is 0.625. The van der Waals surface area contributed by atoms with Crippen LogP contribution in [0.15, 0.2) is 12.7 Å². The number of aliphatic carboxylic acids is 1. The van der Waals surface area contributed by atoms with E-state index in [0.29, 0.717) is 0 Å². The van der Waals surface area contributed by atoms with Gasteiger partial charge in [-0.2, -0.15) is 0 Å². The van der Waals surface area contributed by atoms with E-state index in [-0.39, 0.29) is 10.8 Å². The summed E-state index contributed by atoms with van der Waals surface area (Å²) in [7, 11) is 0. The Hall–Kier alpha value is -0.790. The second-order valence-corrected chi connectivity index (χ2v) is 3.68. The van der Waals surface area contributed by atoms with Gasteiger partial charge in [-0.25, -0.2) is 0 Å². The van der Waals surface area contributed by atoms with Gasteiger partial charge < -0.3 is 5.11 Å². The van der Waals surface area contributed by atoms with E-state index in [1.54, 1.807) is 0 Å². The zero-order valence-corrected chi connectivity index (χ0v) is 5.76. The van der Waals surface area contributed by atoms with Gasteiger partial charge in [0.25, 0.3) is 0 Å². The highest BCUT2D eigenvalue weighted by Gasteiger charge is 2.70. The quantitative estimate of drug-likeness (QED) is 0.586. The Labute approximate surface area is 59.5 Å². The summed E-state index contributed by atoms with van der Waals surface area (Å²) in [6.07, 6.45) is 4.41. The predicted molar refractivity (Wildman–Crippen MR) is 36.5 cm³/mol.